The van der Waals surface area contributed by atoms with Gasteiger partial charge in [0.25, 0.3) is 0 Å². The normalized spacial score (nSPS) is 11.4. The predicted octanol–water partition coefficient (Wildman–Crippen LogP) is 5.42. The van der Waals surface area contributed by atoms with Gasteiger partial charge in [0.2, 0.25) is 17.7 Å². The number of methoxy groups -OCH3 is 1. The Morgan fingerprint density at radius 3 is 2.57 bits per heavy atom. The van der Waals surface area contributed by atoms with Crippen LogP contribution in [0.1, 0.15) is 36.6 Å². The standard InChI is InChI=1S/C24H24N4O2/c1-17-27-28-22(30-17)15-6-4-3-5-10-18-11-9-12-19(16-18)23-24(29-2)26-21-14-8-7-13-20(21)25-23/h5,7-14,16H,3-4,6,15H2,1-2H3/b10-5+. The van der Waals surface area contributed by atoms with Gasteiger partial charge in [-0.1, -0.05) is 42.5 Å². The number of para-hydroxylation sites is 2. The fraction of sp³-hybridized carbons (Fsp3) is 0.250. The summed E-state index contributed by atoms with van der Waals surface area (Å²) in [6, 6.07) is 16.1. The highest BCUT2D eigenvalue weighted by atomic mass is 16.5. The first-order chi connectivity index (χ1) is 14.7. The van der Waals surface area contributed by atoms with E-state index in [-0.39, 0.29) is 0 Å². The molecule has 0 atom stereocenters. The van der Waals surface area contributed by atoms with Crippen LogP contribution in [0.3, 0.4) is 0 Å². The van der Waals surface area contributed by atoms with Gasteiger partial charge in [0, 0.05) is 18.9 Å². The third-order valence-corrected chi connectivity index (χ3v) is 4.78. The number of nitrogens with zero attached hydrogens (tertiary/aromatic N) is 4. The summed E-state index contributed by atoms with van der Waals surface area (Å²) in [5.74, 6) is 1.87. The van der Waals surface area contributed by atoms with E-state index in [0.29, 0.717) is 11.8 Å². The van der Waals surface area contributed by atoms with Crippen LogP contribution in [0, 0.1) is 6.92 Å². The number of unbranched alkanes of at least 4 members (excludes halogenated alkanes) is 2. The molecule has 4 rings (SSSR count). The van der Waals surface area contributed by atoms with Gasteiger partial charge in [0.05, 0.1) is 18.1 Å². The summed E-state index contributed by atoms with van der Waals surface area (Å²) >= 11 is 0. The summed E-state index contributed by atoms with van der Waals surface area (Å²) in [7, 11) is 1.63. The molecule has 0 saturated heterocycles. The number of hydrogen-bond acceptors (Lipinski definition) is 6. The van der Waals surface area contributed by atoms with Gasteiger partial charge >= 0.3 is 0 Å². The van der Waals surface area contributed by atoms with E-state index in [4.69, 9.17) is 14.1 Å². The Kier molecular flexibility index (Phi) is 6.13. The molecule has 152 valence electrons. The van der Waals surface area contributed by atoms with Crippen molar-refractivity contribution in [1.82, 2.24) is 20.2 Å². The lowest BCUT2D eigenvalue weighted by atomic mass is 10.1. The minimum atomic E-state index is 0.533. The van der Waals surface area contributed by atoms with Crippen molar-refractivity contribution in [3.63, 3.8) is 0 Å². The summed E-state index contributed by atoms with van der Waals surface area (Å²) in [5.41, 5.74) is 4.54. The van der Waals surface area contributed by atoms with Crippen molar-refractivity contribution in [3.05, 3.63) is 72.0 Å². The van der Waals surface area contributed by atoms with Crippen molar-refractivity contribution < 1.29 is 9.15 Å². The molecular weight excluding hydrogens is 376 g/mol. The zero-order valence-electron chi connectivity index (χ0n) is 17.2. The second-order valence-corrected chi connectivity index (χ2v) is 7.06. The van der Waals surface area contributed by atoms with Crippen molar-refractivity contribution in [2.24, 2.45) is 0 Å². The molecule has 0 radical (unpaired) electrons. The molecule has 0 fully saturated rings. The Morgan fingerprint density at radius 2 is 1.80 bits per heavy atom. The minimum Gasteiger partial charge on any atom is -0.479 e. The number of aryl methyl sites for hydroxylation is 2. The van der Waals surface area contributed by atoms with E-state index in [9.17, 15) is 0 Å². The first kappa shape index (κ1) is 19.8. The molecule has 0 aliphatic rings. The molecule has 0 spiro atoms. The second-order valence-electron chi connectivity index (χ2n) is 7.06. The highest BCUT2D eigenvalue weighted by Gasteiger charge is 2.11. The van der Waals surface area contributed by atoms with Crippen LogP contribution >= 0.6 is 0 Å². The Labute approximate surface area is 175 Å². The van der Waals surface area contributed by atoms with Crippen molar-refractivity contribution in [2.45, 2.75) is 32.6 Å². The largest absolute Gasteiger partial charge is 0.479 e. The summed E-state index contributed by atoms with van der Waals surface area (Å²) in [6.07, 6.45) is 8.25. The van der Waals surface area contributed by atoms with Crippen LogP contribution in [-0.4, -0.2) is 27.3 Å². The van der Waals surface area contributed by atoms with E-state index >= 15 is 0 Å². The highest BCUT2D eigenvalue weighted by Crippen LogP contribution is 2.29. The molecule has 0 saturated carbocycles. The van der Waals surface area contributed by atoms with Gasteiger partial charge < -0.3 is 9.15 Å². The van der Waals surface area contributed by atoms with Crippen LogP contribution < -0.4 is 4.74 Å². The van der Waals surface area contributed by atoms with Gasteiger partial charge in [-0.15, -0.1) is 10.2 Å². The van der Waals surface area contributed by atoms with E-state index in [1.165, 1.54) is 0 Å². The fourth-order valence-corrected chi connectivity index (χ4v) is 3.30. The van der Waals surface area contributed by atoms with E-state index < -0.39 is 0 Å². The van der Waals surface area contributed by atoms with Crippen LogP contribution in [0.2, 0.25) is 0 Å². The van der Waals surface area contributed by atoms with Crippen molar-refractivity contribution in [1.29, 1.82) is 0 Å². The van der Waals surface area contributed by atoms with Gasteiger partial charge in [-0.2, -0.15) is 0 Å². The average molecular weight is 400 g/mol. The van der Waals surface area contributed by atoms with Crippen LogP contribution in [0.5, 0.6) is 5.88 Å². The summed E-state index contributed by atoms with van der Waals surface area (Å²) in [5, 5.41) is 7.88. The first-order valence-electron chi connectivity index (χ1n) is 10.1. The number of aromatic nitrogens is 4. The molecule has 0 aliphatic carbocycles. The van der Waals surface area contributed by atoms with Crippen LogP contribution in [0.25, 0.3) is 28.4 Å². The number of hydrogen-bond donors (Lipinski definition) is 0. The number of fused-ring (bicyclic) bond motifs is 1. The maximum Gasteiger partial charge on any atom is 0.240 e. The lowest BCUT2D eigenvalue weighted by molar-refractivity contribution is 0.400. The monoisotopic (exact) mass is 400 g/mol. The summed E-state index contributed by atoms with van der Waals surface area (Å²) in [4.78, 5) is 9.38. The zero-order chi connectivity index (χ0) is 20.8. The molecule has 0 amide bonds. The number of rotatable bonds is 8. The molecule has 6 nitrogen and oxygen atoms in total. The topological polar surface area (TPSA) is 73.9 Å². The average Bonchev–Trinajstić information content (AvgIpc) is 3.20. The number of allylic oxidation sites excluding steroid dienone is 1. The molecule has 0 unspecified atom stereocenters. The van der Waals surface area contributed by atoms with Crippen LogP contribution in [0.15, 0.2) is 59.0 Å². The zero-order valence-corrected chi connectivity index (χ0v) is 17.2. The molecule has 2 aromatic heterocycles. The molecule has 0 N–H and O–H groups in total. The maximum atomic E-state index is 5.50. The van der Waals surface area contributed by atoms with Crippen LogP contribution in [-0.2, 0) is 6.42 Å². The van der Waals surface area contributed by atoms with Gasteiger partial charge in [0.1, 0.15) is 5.69 Å². The number of benzene rings is 2. The van der Waals surface area contributed by atoms with E-state index in [2.05, 4.69) is 39.5 Å². The third-order valence-electron chi connectivity index (χ3n) is 4.78. The molecule has 4 aromatic rings. The second kappa shape index (κ2) is 9.31. The van der Waals surface area contributed by atoms with Gasteiger partial charge in [-0.3, -0.25) is 0 Å². The van der Waals surface area contributed by atoms with Crippen molar-refractivity contribution in [2.75, 3.05) is 7.11 Å². The Bertz CT molecular complexity index is 1170. The van der Waals surface area contributed by atoms with Crippen LogP contribution in [0.4, 0.5) is 0 Å². The molecule has 30 heavy (non-hydrogen) atoms. The highest BCUT2D eigenvalue weighted by molar-refractivity contribution is 5.80. The van der Waals surface area contributed by atoms with E-state index in [0.717, 1.165) is 59.4 Å². The van der Waals surface area contributed by atoms with Gasteiger partial charge in [0.15, 0.2) is 0 Å². The summed E-state index contributed by atoms with van der Waals surface area (Å²) < 4.78 is 10.9. The van der Waals surface area contributed by atoms with E-state index in [1.807, 2.05) is 43.3 Å². The Balaban J connectivity index is 1.42. The molecule has 2 aromatic carbocycles. The molecule has 2 heterocycles. The van der Waals surface area contributed by atoms with Gasteiger partial charge in [-0.05, 0) is 43.0 Å². The quantitative estimate of drug-likeness (QED) is 0.368. The predicted molar refractivity (Wildman–Crippen MR) is 117 cm³/mol. The smallest absolute Gasteiger partial charge is 0.240 e. The SMILES string of the molecule is COc1nc2ccccc2nc1-c1cccc(/C=C/CCCCc2nnc(C)o2)c1. The Morgan fingerprint density at radius 1 is 0.967 bits per heavy atom. The molecule has 6 heteroatoms. The molecule has 0 bridgehead atoms. The molecular formula is C24H24N4O2. The summed E-state index contributed by atoms with van der Waals surface area (Å²) in [6.45, 7) is 1.81. The maximum absolute atomic E-state index is 5.50. The van der Waals surface area contributed by atoms with Crippen molar-refractivity contribution >= 4 is 17.1 Å². The first-order valence-corrected chi connectivity index (χ1v) is 10.1. The van der Waals surface area contributed by atoms with Gasteiger partial charge in [-0.25, -0.2) is 9.97 Å². The van der Waals surface area contributed by atoms with E-state index in [1.54, 1.807) is 7.11 Å². The molecule has 0 aliphatic heterocycles. The van der Waals surface area contributed by atoms with Crippen molar-refractivity contribution in [3.8, 4) is 17.1 Å². The Hall–Kier alpha value is -3.54. The lowest BCUT2D eigenvalue weighted by Gasteiger charge is -2.09. The number of ether oxygens (including phenoxy) is 1. The minimum absolute atomic E-state index is 0.533. The third kappa shape index (κ3) is 4.71. The lowest BCUT2D eigenvalue weighted by Crippen LogP contribution is -1.96. The fourth-order valence-electron chi connectivity index (χ4n) is 3.30.